The van der Waals surface area contributed by atoms with E-state index in [2.05, 4.69) is 99.8 Å². The zero-order valence-corrected chi connectivity index (χ0v) is 40.4. The number of likely N-dealkylation sites (N-methyl/N-ethyl adjacent to an activating group) is 1. The van der Waals surface area contributed by atoms with Gasteiger partial charge in [-0.2, -0.15) is 0 Å². The Bertz CT molecular complexity index is 2060. The molecule has 61 heavy (non-hydrogen) atoms. The molecular formula is C48H73N6O5PS. The number of carbonyl (C=O) groups excluding carboxylic acids is 2. The van der Waals surface area contributed by atoms with Crippen molar-refractivity contribution < 1.29 is 18.5 Å². The number of nitrogens with one attached hydrogen (secondary N) is 3. The van der Waals surface area contributed by atoms with Gasteiger partial charge in [0, 0.05) is 28.3 Å². The summed E-state index contributed by atoms with van der Waals surface area (Å²) < 4.78 is 17.3. The molecule has 1 saturated heterocycles. The maximum absolute atomic E-state index is 13.1. The van der Waals surface area contributed by atoms with E-state index in [-0.39, 0.29) is 52.6 Å². The van der Waals surface area contributed by atoms with Crippen LogP contribution in [-0.4, -0.2) is 73.4 Å². The summed E-state index contributed by atoms with van der Waals surface area (Å²) in [5.74, 6) is 4.54. The number of fused-ring (bicyclic) bond motifs is 1. The van der Waals surface area contributed by atoms with Crippen LogP contribution in [-0.2, 0) is 14.1 Å². The Kier molecular flexibility index (Phi) is 16.6. The molecule has 2 aromatic heterocycles. The quantitative estimate of drug-likeness (QED) is 0.0333. The van der Waals surface area contributed by atoms with Crippen LogP contribution in [0.3, 0.4) is 0 Å². The number of imidazole rings is 1. The third-order valence-electron chi connectivity index (χ3n) is 11.9. The maximum atomic E-state index is 13.1. The van der Waals surface area contributed by atoms with Gasteiger partial charge in [0.15, 0.2) is 0 Å². The topological polar surface area (TPSA) is 134 Å². The first-order chi connectivity index (χ1) is 28.8. The number of hydrogen-bond acceptors (Lipinski definition) is 9. The molecule has 3 aliphatic rings. The van der Waals surface area contributed by atoms with Crippen LogP contribution < -0.4 is 15.7 Å². The van der Waals surface area contributed by atoms with Crippen LogP contribution in [0.4, 0.5) is 0 Å². The summed E-state index contributed by atoms with van der Waals surface area (Å²) >= 11 is 1.76. The Morgan fingerprint density at radius 2 is 1.89 bits per heavy atom. The number of H-pyrrole nitrogens is 1. The fraction of sp³-hybridized carbons (Fsp3) is 0.646. The largest absolute Gasteiger partial charge is 0.441 e. The molecule has 4 atom stereocenters. The highest BCUT2D eigenvalue weighted by Gasteiger charge is 2.57. The van der Waals surface area contributed by atoms with Crippen LogP contribution in [0.1, 0.15) is 163 Å². The number of oxazole rings is 1. The van der Waals surface area contributed by atoms with Crippen molar-refractivity contribution in [1.29, 1.82) is 0 Å². The van der Waals surface area contributed by atoms with E-state index in [0.717, 1.165) is 106 Å². The molecule has 1 amide bonds. The number of hydrogen-bond donors (Lipinski definition) is 3. The highest BCUT2D eigenvalue weighted by Crippen LogP contribution is 2.52. The number of aldehydes is 1. The van der Waals surface area contributed by atoms with Crippen LogP contribution in [0, 0.1) is 11.3 Å². The van der Waals surface area contributed by atoms with Crippen molar-refractivity contribution in [3.8, 4) is 11.5 Å². The molecule has 3 aromatic rings. The van der Waals surface area contributed by atoms with Crippen LogP contribution in [0.25, 0.3) is 22.5 Å². The number of nitrogens with zero attached hydrogens (tertiary/aromatic N) is 3. The number of aromatic nitrogens is 3. The lowest BCUT2D eigenvalue weighted by atomic mass is 10.0. The van der Waals surface area contributed by atoms with Gasteiger partial charge >= 0.3 is 5.69 Å². The summed E-state index contributed by atoms with van der Waals surface area (Å²) in [6, 6.07) is 5.89. The van der Waals surface area contributed by atoms with E-state index in [0.29, 0.717) is 16.6 Å². The van der Waals surface area contributed by atoms with Crippen molar-refractivity contribution >= 4 is 49.4 Å². The van der Waals surface area contributed by atoms with Gasteiger partial charge in [-0.05, 0) is 127 Å². The predicted octanol–water partition coefficient (Wildman–Crippen LogP) is 10.9. The van der Waals surface area contributed by atoms with E-state index in [9.17, 15) is 14.4 Å². The lowest BCUT2D eigenvalue weighted by Crippen LogP contribution is -2.49. The van der Waals surface area contributed by atoms with Gasteiger partial charge in [0.25, 0.3) is 0 Å². The lowest BCUT2D eigenvalue weighted by molar-refractivity contribution is -0.125. The minimum absolute atomic E-state index is 0.0338. The Morgan fingerprint density at radius 1 is 1.15 bits per heavy atom. The average Bonchev–Trinajstić information content (AvgIpc) is 3.85. The van der Waals surface area contributed by atoms with Crippen molar-refractivity contribution in [2.45, 2.75) is 174 Å². The second-order valence-corrected chi connectivity index (χ2v) is 21.7. The van der Waals surface area contributed by atoms with Gasteiger partial charge in [-0.1, -0.05) is 86.1 Å². The van der Waals surface area contributed by atoms with Crippen molar-refractivity contribution in [2.75, 3.05) is 13.6 Å². The van der Waals surface area contributed by atoms with Crippen LogP contribution >= 0.6 is 20.4 Å². The highest BCUT2D eigenvalue weighted by molar-refractivity contribution is 7.99. The molecule has 13 heteroatoms. The highest BCUT2D eigenvalue weighted by atomic mass is 32.2. The summed E-state index contributed by atoms with van der Waals surface area (Å²) in [6.45, 7) is 26.4. The van der Waals surface area contributed by atoms with Crippen molar-refractivity contribution in [1.82, 2.24) is 29.5 Å². The standard InChI is InChI=1S/C29H48N3O3PS.C19H25N3O2/c1-22(31-37-28(5)16-17-28)29(30-26(34)25-15-12-18-32(25)6)19-23(29)13-10-8-7-9-11-14-24(20-33)35-36-21-27(2,3)4;1-10(2)15-17(11(3)4)24-18(20-15)13-8-7-9-14-16(13)21-19(23)22(14)12(5)6/h10,13,20-21,23-25,31H,1,7-9,11-12,14-19H2,2-6H3,(H,30,34);7-12H,1-6H3,(H,21,23)/b13-10-;/t23?,24-,25?,29-;/m0./s1. The summed E-state index contributed by atoms with van der Waals surface area (Å²) in [7, 11) is 2.81. The number of para-hydroxylation sites is 1. The first-order valence-electron chi connectivity index (χ1n) is 22.5. The lowest BCUT2D eigenvalue weighted by Gasteiger charge is -2.27. The van der Waals surface area contributed by atoms with Crippen LogP contribution in [0.15, 0.2) is 51.8 Å². The van der Waals surface area contributed by atoms with E-state index < -0.39 is 0 Å². The molecule has 11 nitrogen and oxygen atoms in total. The number of rotatable bonds is 20. The minimum Gasteiger partial charge on any atom is -0.441 e. The molecule has 0 spiro atoms. The molecule has 3 N–H and O–H groups in total. The van der Waals surface area contributed by atoms with Gasteiger partial charge in [0.1, 0.15) is 18.2 Å². The van der Waals surface area contributed by atoms with Gasteiger partial charge in [0.05, 0.1) is 42.3 Å². The Balaban J connectivity index is 0.000000252. The first-order valence-corrected chi connectivity index (χ1v) is 24.2. The van der Waals surface area contributed by atoms with Crippen molar-refractivity contribution in [2.24, 2.45) is 11.3 Å². The third kappa shape index (κ3) is 12.8. The zero-order chi connectivity index (χ0) is 44.7. The van der Waals surface area contributed by atoms with E-state index in [1.807, 2.05) is 39.1 Å². The molecule has 6 rings (SSSR count). The number of amides is 1. The SMILES string of the molecule is C=C(NSC1(C)CC1)[C@@]1(NC(=O)C2CCCN2C)CC1/C=C\CCCCC[C@@H](C=O)OP=CC(C)(C)C.CC(C)c1nc(-c2cccc3c2[nH]c(=O)n3C(C)C)oc1C(C)C. The Hall–Kier alpha value is -3.44. The van der Waals surface area contributed by atoms with Gasteiger partial charge < -0.3 is 28.8 Å². The molecule has 1 aliphatic heterocycles. The van der Waals surface area contributed by atoms with Gasteiger partial charge in [-0.25, -0.2) is 9.78 Å². The van der Waals surface area contributed by atoms with E-state index in [4.69, 9.17) is 13.9 Å². The molecule has 2 unspecified atom stereocenters. The fourth-order valence-corrected chi connectivity index (χ4v) is 9.31. The van der Waals surface area contributed by atoms with E-state index >= 15 is 0 Å². The normalized spacial score (nSPS) is 21.7. The summed E-state index contributed by atoms with van der Waals surface area (Å²) in [5, 5.41) is 3.39. The summed E-state index contributed by atoms with van der Waals surface area (Å²) in [6.07, 6.45) is 15.4. The minimum atomic E-state index is -0.382. The van der Waals surface area contributed by atoms with Gasteiger partial charge in [-0.3, -0.25) is 14.3 Å². The number of likely N-dealkylation sites (tertiary alicyclic amines) is 1. The summed E-state index contributed by atoms with van der Waals surface area (Å²) in [4.78, 5) is 46.6. The van der Waals surface area contributed by atoms with Crippen molar-refractivity contribution in [3.05, 3.63) is 64.6 Å². The molecule has 336 valence electrons. The second kappa shape index (κ2) is 20.8. The van der Waals surface area contributed by atoms with E-state index in [1.54, 1.807) is 16.5 Å². The van der Waals surface area contributed by atoms with Crippen LogP contribution in [0.5, 0.6) is 0 Å². The summed E-state index contributed by atoms with van der Waals surface area (Å²) in [5.41, 5.74) is 4.01. The Morgan fingerprint density at radius 3 is 2.48 bits per heavy atom. The molecule has 0 bridgehead atoms. The second-order valence-electron chi connectivity index (χ2n) is 19.7. The predicted molar refractivity (Wildman–Crippen MR) is 254 cm³/mol. The third-order valence-corrected chi connectivity index (χ3v) is 14.4. The molecule has 3 fully saturated rings. The van der Waals surface area contributed by atoms with Gasteiger partial charge in [0.2, 0.25) is 11.8 Å². The Labute approximate surface area is 370 Å². The number of unbranched alkanes of at least 4 members (excludes halogenated alkanes) is 3. The molecule has 2 aliphatic carbocycles. The molecule has 1 aromatic carbocycles. The smallest absolute Gasteiger partial charge is 0.326 e. The van der Waals surface area contributed by atoms with Crippen LogP contribution in [0.2, 0.25) is 0 Å². The van der Waals surface area contributed by atoms with E-state index in [1.165, 1.54) is 12.8 Å². The average molecular weight is 877 g/mol. The number of benzene rings is 1. The number of allylic oxidation sites excluding steroid dienone is 1. The number of aromatic amines is 1. The zero-order valence-electron chi connectivity index (χ0n) is 38.7. The molecule has 2 saturated carbocycles. The first kappa shape index (κ1) is 48.6. The molecule has 0 radical (unpaired) electrons. The maximum Gasteiger partial charge on any atom is 0.326 e. The number of carbonyl (C=O) groups is 2. The molecule has 3 heterocycles. The molecular weight excluding hydrogens is 804 g/mol. The van der Waals surface area contributed by atoms with Crippen molar-refractivity contribution in [3.63, 3.8) is 0 Å². The fourth-order valence-electron chi connectivity index (χ4n) is 7.77. The monoisotopic (exact) mass is 877 g/mol. The van der Waals surface area contributed by atoms with Gasteiger partial charge in [-0.15, -0.1) is 0 Å².